The number of amides is 1. The summed E-state index contributed by atoms with van der Waals surface area (Å²) in [6.45, 7) is 6.24. The van der Waals surface area contributed by atoms with Crippen LogP contribution in [0.2, 0.25) is 0 Å². The first-order valence-electron chi connectivity index (χ1n) is 9.30. The molecule has 26 heavy (non-hydrogen) atoms. The predicted molar refractivity (Wildman–Crippen MR) is 98.8 cm³/mol. The molecule has 1 saturated heterocycles. The van der Waals surface area contributed by atoms with E-state index in [1.165, 1.54) is 0 Å². The molecule has 0 aliphatic carbocycles. The van der Waals surface area contributed by atoms with Crippen molar-refractivity contribution in [3.63, 3.8) is 0 Å². The lowest BCUT2D eigenvalue weighted by Gasteiger charge is -2.27. The minimum Gasteiger partial charge on any atom is -0.357 e. The molecule has 1 fully saturated rings. The molecule has 1 atom stereocenters. The summed E-state index contributed by atoms with van der Waals surface area (Å²) < 4.78 is 27.0. The molecule has 144 valence electrons. The SMILES string of the molecule is CCNC(=NCc1cc(F)ccc1F)NCCC(CC)N1CCCC1=O. The van der Waals surface area contributed by atoms with Gasteiger partial charge < -0.3 is 15.5 Å². The van der Waals surface area contributed by atoms with E-state index in [-0.39, 0.29) is 24.1 Å². The number of carbonyl (C=O) groups excluding carboxylic acids is 1. The average Bonchev–Trinajstić information content (AvgIpc) is 3.05. The van der Waals surface area contributed by atoms with Crippen LogP contribution in [0.3, 0.4) is 0 Å². The van der Waals surface area contributed by atoms with Crippen molar-refractivity contribution >= 4 is 11.9 Å². The summed E-state index contributed by atoms with van der Waals surface area (Å²) >= 11 is 0. The van der Waals surface area contributed by atoms with E-state index in [1.807, 2.05) is 11.8 Å². The summed E-state index contributed by atoms with van der Waals surface area (Å²) in [4.78, 5) is 18.2. The van der Waals surface area contributed by atoms with Gasteiger partial charge in [0.1, 0.15) is 11.6 Å². The highest BCUT2D eigenvalue weighted by atomic mass is 19.1. The maximum atomic E-state index is 13.7. The van der Waals surface area contributed by atoms with Crippen molar-refractivity contribution in [2.24, 2.45) is 4.99 Å². The van der Waals surface area contributed by atoms with Crippen LogP contribution in [-0.2, 0) is 11.3 Å². The number of halogens is 2. The smallest absolute Gasteiger partial charge is 0.222 e. The van der Waals surface area contributed by atoms with Crippen LogP contribution < -0.4 is 10.6 Å². The van der Waals surface area contributed by atoms with Gasteiger partial charge in [-0.1, -0.05) is 6.92 Å². The Morgan fingerprint density at radius 2 is 2.12 bits per heavy atom. The van der Waals surface area contributed by atoms with Gasteiger partial charge in [0.2, 0.25) is 5.91 Å². The molecule has 1 aliphatic rings. The molecule has 5 nitrogen and oxygen atoms in total. The number of likely N-dealkylation sites (tertiary alicyclic amines) is 1. The van der Waals surface area contributed by atoms with Gasteiger partial charge in [0.15, 0.2) is 5.96 Å². The largest absolute Gasteiger partial charge is 0.357 e. The first-order chi connectivity index (χ1) is 12.5. The zero-order valence-electron chi connectivity index (χ0n) is 15.5. The van der Waals surface area contributed by atoms with E-state index in [2.05, 4.69) is 22.5 Å². The molecule has 2 rings (SSSR count). The number of rotatable bonds is 8. The predicted octanol–water partition coefficient (Wildman–Crippen LogP) is 2.81. The second-order valence-electron chi connectivity index (χ2n) is 6.40. The molecule has 0 radical (unpaired) electrons. The molecule has 0 spiro atoms. The third-order valence-electron chi connectivity index (χ3n) is 4.55. The highest BCUT2D eigenvalue weighted by molar-refractivity contribution is 5.80. The van der Waals surface area contributed by atoms with Gasteiger partial charge >= 0.3 is 0 Å². The molecule has 1 amide bonds. The van der Waals surface area contributed by atoms with Gasteiger partial charge in [0.25, 0.3) is 0 Å². The van der Waals surface area contributed by atoms with E-state index >= 15 is 0 Å². The zero-order valence-corrected chi connectivity index (χ0v) is 15.5. The highest BCUT2D eigenvalue weighted by Gasteiger charge is 2.26. The fourth-order valence-electron chi connectivity index (χ4n) is 3.16. The van der Waals surface area contributed by atoms with Crippen molar-refractivity contribution < 1.29 is 13.6 Å². The lowest BCUT2D eigenvalue weighted by Crippen LogP contribution is -2.42. The molecule has 0 saturated carbocycles. The Hall–Kier alpha value is -2.18. The quantitative estimate of drug-likeness (QED) is 0.549. The molecular formula is C19H28F2N4O. The maximum absolute atomic E-state index is 13.7. The van der Waals surface area contributed by atoms with Crippen LogP contribution in [0.5, 0.6) is 0 Å². The minimum absolute atomic E-state index is 0.0563. The monoisotopic (exact) mass is 366 g/mol. The van der Waals surface area contributed by atoms with Gasteiger partial charge in [-0.2, -0.15) is 0 Å². The van der Waals surface area contributed by atoms with Crippen LogP contribution >= 0.6 is 0 Å². The van der Waals surface area contributed by atoms with E-state index < -0.39 is 11.6 Å². The summed E-state index contributed by atoms with van der Waals surface area (Å²) in [5.41, 5.74) is 0.219. The second-order valence-corrected chi connectivity index (χ2v) is 6.40. The maximum Gasteiger partial charge on any atom is 0.222 e. The van der Waals surface area contributed by atoms with Crippen LogP contribution in [0.25, 0.3) is 0 Å². The van der Waals surface area contributed by atoms with Crippen molar-refractivity contribution in [3.05, 3.63) is 35.4 Å². The Labute approximate surface area is 153 Å². The third-order valence-corrected chi connectivity index (χ3v) is 4.55. The number of carbonyl (C=O) groups is 1. The summed E-state index contributed by atoms with van der Waals surface area (Å²) in [7, 11) is 0. The molecule has 1 aromatic carbocycles. The number of hydrogen-bond acceptors (Lipinski definition) is 2. The number of aliphatic imine (C=N–C) groups is 1. The molecule has 1 heterocycles. The number of nitrogens with zero attached hydrogens (tertiary/aromatic N) is 2. The van der Waals surface area contributed by atoms with E-state index in [1.54, 1.807) is 0 Å². The third kappa shape index (κ3) is 5.68. The van der Waals surface area contributed by atoms with Crippen molar-refractivity contribution in [1.29, 1.82) is 0 Å². The number of guanidine groups is 1. The Bertz CT molecular complexity index is 636. The Morgan fingerprint density at radius 3 is 2.77 bits per heavy atom. The summed E-state index contributed by atoms with van der Waals surface area (Å²) in [5.74, 6) is -0.155. The average molecular weight is 366 g/mol. The summed E-state index contributed by atoms with van der Waals surface area (Å²) in [6, 6.07) is 3.59. The van der Waals surface area contributed by atoms with Gasteiger partial charge in [0, 0.05) is 37.7 Å². The molecule has 1 aliphatic heterocycles. The molecule has 0 aromatic heterocycles. The van der Waals surface area contributed by atoms with Crippen molar-refractivity contribution in [1.82, 2.24) is 15.5 Å². The van der Waals surface area contributed by atoms with Crippen LogP contribution in [0.4, 0.5) is 8.78 Å². The van der Waals surface area contributed by atoms with E-state index in [4.69, 9.17) is 0 Å². The van der Waals surface area contributed by atoms with Gasteiger partial charge in [-0.05, 0) is 44.4 Å². The topological polar surface area (TPSA) is 56.7 Å². The van der Waals surface area contributed by atoms with Gasteiger partial charge in [-0.15, -0.1) is 0 Å². The fourth-order valence-corrected chi connectivity index (χ4v) is 3.16. The normalized spacial score (nSPS) is 16.1. The lowest BCUT2D eigenvalue weighted by atomic mass is 10.1. The zero-order chi connectivity index (χ0) is 18.9. The van der Waals surface area contributed by atoms with Crippen molar-refractivity contribution in [2.45, 2.75) is 52.1 Å². The van der Waals surface area contributed by atoms with Crippen LogP contribution in [0.1, 0.15) is 45.1 Å². The number of hydrogen-bond donors (Lipinski definition) is 2. The molecule has 2 N–H and O–H groups in total. The van der Waals surface area contributed by atoms with Crippen LogP contribution in [-0.4, -0.2) is 42.4 Å². The summed E-state index contributed by atoms with van der Waals surface area (Å²) in [6.07, 6.45) is 3.32. The fraction of sp³-hybridized carbons (Fsp3) is 0.579. The first-order valence-corrected chi connectivity index (χ1v) is 9.30. The van der Waals surface area contributed by atoms with Gasteiger partial charge in [0.05, 0.1) is 6.54 Å². The van der Waals surface area contributed by atoms with Crippen LogP contribution in [0, 0.1) is 11.6 Å². The summed E-state index contributed by atoms with van der Waals surface area (Å²) in [5, 5.41) is 6.31. The molecule has 1 aromatic rings. The van der Waals surface area contributed by atoms with Gasteiger partial charge in [-0.3, -0.25) is 4.79 Å². The molecule has 0 bridgehead atoms. The highest BCUT2D eigenvalue weighted by Crippen LogP contribution is 2.17. The molecule has 7 heteroatoms. The lowest BCUT2D eigenvalue weighted by molar-refractivity contribution is -0.129. The van der Waals surface area contributed by atoms with Crippen LogP contribution in [0.15, 0.2) is 23.2 Å². The van der Waals surface area contributed by atoms with E-state index in [0.717, 1.165) is 44.0 Å². The van der Waals surface area contributed by atoms with E-state index in [9.17, 15) is 13.6 Å². The van der Waals surface area contributed by atoms with E-state index in [0.29, 0.717) is 25.5 Å². The van der Waals surface area contributed by atoms with Crippen molar-refractivity contribution in [2.75, 3.05) is 19.6 Å². The Kier molecular flexibility index (Phi) is 7.81. The molecule has 1 unspecified atom stereocenters. The van der Waals surface area contributed by atoms with Gasteiger partial charge in [-0.25, -0.2) is 13.8 Å². The number of nitrogens with one attached hydrogen (secondary N) is 2. The number of benzene rings is 1. The standard InChI is InChI=1S/C19H28F2N4O/c1-3-16(25-11-5-6-18(25)26)9-10-23-19(22-4-2)24-13-14-12-15(20)7-8-17(14)21/h7-8,12,16H,3-6,9-11,13H2,1-2H3,(H2,22,23,24). The molecular weight excluding hydrogens is 338 g/mol. The Balaban J connectivity index is 1.90. The minimum atomic E-state index is -0.476. The van der Waals surface area contributed by atoms with Crippen molar-refractivity contribution in [3.8, 4) is 0 Å². The first kappa shape index (κ1) is 20.1. The Morgan fingerprint density at radius 1 is 1.31 bits per heavy atom. The second kappa shape index (κ2) is 10.1.